The van der Waals surface area contributed by atoms with E-state index in [9.17, 15) is 0 Å². The van der Waals surface area contributed by atoms with E-state index in [1.54, 1.807) is 21.3 Å². The second-order valence-electron chi connectivity index (χ2n) is 4.93. The first-order chi connectivity index (χ1) is 10.3. The Morgan fingerprint density at radius 2 is 2.29 bits per heavy atom. The number of fused-ring (bicyclic) bond motifs is 1. The molecular formula is C13H24N6O2. The largest absolute Gasteiger partial charge is 0.383 e. The van der Waals surface area contributed by atoms with Gasteiger partial charge in [0.2, 0.25) is 0 Å². The van der Waals surface area contributed by atoms with Crippen LogP contribution in [0.4, 0.5) is 0 Å². The average Bonchev–Trinajstić information content (AvgIpc) is 2.88. The summed E-state index contributed by atoms with van der Waals surface area (Å²) in [5.74, 6) is 2.57. The zero-order valence-corrected chi connectivity index (χ0v) is 12.9. The summed E-state index contributed by atoms with van der Waals surface area (Å²) in [6.07, 6.45) is 1.92. The number of nitrogens with zero attached hydrogens (tertiary/aromatic N) is 4. The molecule has 1 aromatic rings. The van der Waals surface area contributed by atoms with E-state index in [-0.39, 0.29) is 0 Å². The molecule has 8 nitrogen and oxygen atoms in total. The lowest BCUT2D eigenvalue weighted by atomic mass is 10.1. The zero-order chi connectivity index (χ0) is 15.1. The molecule has 2 heterocycles. The molecule has 1 atom stereocenters. The third-order valence-electron chi connectivity index (χ3n) is 3.34. The van der Waals surface area contributed by atoms with Gasteiger partial charge in [-0.3, -0.25) is 4.99 Å². The van der Waals surface area contributed by atoms with Crippen molar-refractivity contribution in [3.63, 3.8) is 0 Å². The van der Waals surface area contributed by atoms with Crippen LogP contribution in [0.1, 0.15) is 18.1 Å². The Morgan fingerprint density at radius 1 is 1.43 bits per heavy atom. The standard InChI is InChI=1S/C13H24N6O2/c1-14-13(15-6-7-20-2)16-10-4-5-12-17-11(9-21-3)18-19(12)8-10/h10H,4-9H2,1-3H3,(H2,14,15,16). The normalized spacial score (nSPS) is 18.4. The van der Waals surface area contributed by atoms with Crippen molar-refractivity contribution in [3.05, 3.63) is 11.6 Å². The molecule has 1 aliphatic rings. The van der Waals surface area contributed by atoms with Crippen LogP contribution < -0.4 is 10.6 Å². The summed E-state index contributed by atoms with van der Waals surface area (Å²) in [6, 6.07) is 0.295. The average molecular weight is 296 g/mol. The number of rotatable bonds is 6. The van der Waals surface area contributed by atoms with Crippen molar-refractivity contribution < 1.29 is 9.47 Å². The van der Waals surface area contributed by atoms with Gasteiger partial charge in [-0.05, 0) is 6.42 Å². The fraction of sp³-hybridized carbons (Fsp3) is 0.769. The lowest BCUT2D eigenvalue weighted by Gasteiger charge is -2.25. The van der Waals surface area contributed by atoms with E-state index in [2.05, 4.69) is 25.7 Å². The summed E-state index contributed by atoms with van der Waals surface area (Å²) in [7, 11) is 5.10. The molecule has 0 fully saturated rings. The van der Waals surface area contributed by atoms with E-state index < -0.39 is 0 Å². The van der Waals surface area contributed by atoms with Crippen molar-refractivity contribution >= 4 is 5.96 Å². The van der Waals surface area contributed by atoms with E-state index in [1.165, 1.54) is 0 Å². The molecule has 8 heteroatoms. The van der Waals surface area contributed by atoms with Crippen LogP contribution in [0.3, 0.4) is 0 Å². The molecule has 21 heavy (non-hydrogen) atoms. The second kappa shape index (κ2) is 7.94. The van der Waals surface area contributed by atoms with Crippen molar-refractivity contribution in [2.45, 2.75) is 32.0 Å². The van der Waals surface area contributed by atoms with Gasteiger partial charge in [-0.2, -0.15) is 5.10 Å². The number of aryl methyl sites for hydroxylation is 1. The van der Waals surface area contributed by atoms with Crippen LogP contribution in [0.15, 0.2) is 4.99 Å². The molecule has 0 aromatic carbocycles. The zero-order valence-electron chi connectivity index (χ0n) is 12.9. The van der Waals surface area contributed by atoms with Crippen LogP contribution in [-0.2, 0) is 29.0 Å². The molecule has 0 spiro atoms. The van der Waals surface area contributed by atoms with Crippen LogP contribution in [0.2, 0.25) is 0 Å². The first-order valence-corrected chi connectivity index (χ1v) is 7.14. The molecule has 2 N–H and O–H groups in total. The maximum Gasteiger partial charge on any atom is 0.191 e. The number of guanidine groups is 1. The van der Waals surface area contributed by atoms with Crippen LogP contribution in [0.25, 0.3) is 0 Å². The van der Waals surface area contributed by atoms with Gasteiger partial charge >= 0.3 is 0 Å². The SMILES string of the molecule is CN=C(NCCOC)NC1CCc2nc(COC)nn2C1. The minimum atomic E-state index is 0.295. The topological polar surface area (TPSA) is 85.6 Å². The molecule has 0 aliphatic carbocycles. The smallest absolute Gasteiger partial charge is 0.191 e. The van der Waals surface area contributed by atoms with Gasteiger partial charge in [0.25, 0.3) is 0 Å². The Labute approximate surface area is 124 Å². The van der Waals surface area contributed by atoms with E-state index in [0.29, 0.717) is 19.3 Å². The second-order valence-corrected chi connectivity index (χ2v) is 4.93. The Kier molecular flexibility index (Phi) is 5.94. The number of methoxy groups -OCH3 is 2. The predicted octanol–water partition coefficient (Wildman–Crippen LogP) is -0.449. The Morgan fingerprint density at radius 3 is 3.00 bits per heavy atom. The number of nitrogens with one attached hydrogen (secondary N) is 2. The fourth-order valence-electron chi connectivity index (χ4n) is 2.33. The van der Waals surface area contributed by atoms with Crippen molar-refractivity contribution in [3.8, 4) is 0 Å². The van der Waals surface area contributed by atoms with Crippen molar-refractivity contribution in [1.29, 1.82) is 0 Å². The van der Waals surface area contributed by atoms with Gasteiger partial charge in [-0.25, -0.2) is 9.67 Å². The van der Waals surface area contributed by atoms with Crippen LogP contribution in [0.5, 0.6) is 0 Å². The highest BCUT2D eigenvalue weighted by Crippen LogP contribution is 2.13. The molecule has 2 rings (SSSR count). The van der Waals surface area contributed by atoms with E-state index >= 15 is 0 Å². The van der Waals surface area contributed by atoms with Gasteiger partial charge in [0.1, 0.15) is 12.4 Å². The highest BCUT2D eigenvalue weighted by Gasteiger charge is 2.22. The van der Waals surface area contributed by atoms with Crippen molar-refractivity contribution in [2.75, 3.05) is 34.4 Å². The Bertz CT molecular complexity index is 473. The maximum atomic E-state index is 5.07. The lowest BCUT2D eigenvalue weighted by molar-refractivity contribution is 0.177. The molecule has 0 saturated heterocycles. The Balaban J connectivity index is 1.88. The van der Waals surface area contributed by atoms with Crippen LogP contribution in [-0.4, -0.2) is 61.2 Å². The van der Waals surface area contributed by atoms with Crippen molar-refractivity contribution in [2.24, 2.45) is 4.99 Å². The molecule has 0 saturated carbocycles. The highest BCUT2D eigenvalue weighted by atomic mass is 16.5. The van der Waals surface area contributed by atoms with Gasteiger partial charge in [-0.15, -0.1) is 0 Å². The van der Waals surface area contributed by atoms with E-state index in [1.807, 2.05) is 4.68 Å². The summed E-state index contributed by atoms with van der Waals surface area (Å²) < 4.78 is 12.1. The van der Waals surface area contributed by atoms with Gasteiger partial charge in [0, 0.05) is 40.3 Å². The van der Waals surface area contributed by atoms with E-state index in [0.717, 1.165) is 43.5 Å². The molecule has 0 radical (unpaired) electrons. The van der Waals surface area contributed by atoms with Gasteiger partial charge in [0.15, 0.2) is 11.8 Å². The van der Waals surface area contributed by atoms with Crippen LogP contribution >= 0.6 is 0 Å². The summed E-state index contributed by atoms with van der Waals surface area (Å²) in [6.45, 7) is 2.63. The summed E-state index contributed by atoms with van der Waals surface area (Å²) in [5.41, 5.74) is 0. The summed E-state index contributed by atoms with van der Waals surface area (Å²) in [5, 5.41) is 11.1. The van der Waals surface area contributed by atoms with Gasteiger partial charge in [0.05, 0.1) is 13.2 Å². The molecule has 1 aliphatic heterocycles. The van der Waals surface area contributed by atoms with Gasteiger partial charge < -0.3 is 20.1 Å². The number of aromatic nitrogens is 3. The molecule has 1 unspecified atom stereocenters. The first kappa shape index (κ1) is 15.7. The number of hydrogen-bond donors (Lipinski definition) is 2. The molecular weight excluding hydrogens is 272 g/mol. The summed E-state index contributed by atoms with van der Waals surface area (Å²) in [4.78, 5) is 8.69. The first-order valence-electron chi connectivity index (χ1n) is 7.14. The minimum Gasteiger partial charge on any atom is -0.383 e. The molecule has 118 valence electrons. The predicted molar refractivity (Wildman–Crippen MR) is 79.2 cm³/mol. The monoisotopic (exact) mass is 296 g/mol. The maximum absolute atomic E-state index is 5.07. The minimum absolute atomic E-state index is 0.295. The molecule has 1 aromatic heterocycles. The van der Waals surface area contributed by atoms with Gasteiger partial charge in [-0.1, -0.05) is 0 Å². The van der Waals surface area contributed by atoms with E-state index in [4.69, 9.17) is 9.47 Å². The number of hydrogen-bond acceptors (Lipinski definition) is 5. The third kappa shape index (κ3) is 4.40. The molecule has 0 bridgehead atoms. The Hall–Kier alpha value is -1.67. The van der Waals surface area contributed by atoms with Crippen LogP contribution in [0, 0.1) is 0 Å². The lowest BCUT2D eigenvalue weighted by Crippen LogP contribution is -2.47. The number of ether oxygens (including phenoxy) is 2. The quantitative estimate of drug-likeness (QED) is 0.420. The third-order valence-corrected chi connectivity index (χ3v) is 3.34. The fourth-order valence-corrected chi connectivity index (χ4v) is 2.33. The summed E-state index contributed by atoms with van der Waals surface area (Å²) >= 11 is 0. The number of aliphatic imine (C=N–C) groups is 1. The molecule has 0 amide bonds. The highest BCUT2D eigenvalue weighted by molar-refractivity contribution is 5.79. The van der Waals surface area contributed by atoms with Crippen molar-refractivity contribution in [1.82, 2.24) is 25.4 Å².